The van der Waals surface area contributed by atoms with Crippen LogP contribution in [0.5, 0.6) is 0 Å². The summed E-state index contributed by atoms with van der Waals surface area (Å²) >= 11 is -3.07. The molecule has 3 nitrogen and oxygen atoms in total. The molecule has 0 bridgehead atoms. The molecule has 0 atom stereocenters. The second-order valence-corrected chi connectivity index (χ2v) is 16.8. The van der Waals surface area contributed by atoms with Gasteiger partial charge < -0.3 is 0 Å². The molecule has 0 saturated heterocycles. The Bertz CT molecular complexity index is 363. The molecule has 4 heteroatoms. The van der Waals surface area contributed by atoms with Gasteiger partial charge >= 0.3 is 130 Å². The quantitative estimate of drug-likeness (QED) is 0.557. The minimum atomic E-state index is -3.07. The third-order valence-electron chi connectivity index (χ3n) is 3.82. The summed E-state index contributed by atoms with van der Waals surface area (Å²) in [6, 6.07) is 0.414. The van der Waals surface area contributed by atoms with Crippen LogP contribution in [0.2, 0.25) is 4.14 Å². The second-order valence-electron chi connectivity index (χ2n) is 5.36. The van der Waals surface area contributed by atoms with Crippen LogP contribution < -0.4 is 0 Å². The third-order valence-corrected chi connectivity index (χ3v) is 20.9. The monoisotopic (exact) mass is 447 g/mol. The molecule has 0 aromatic rings. The predicted molar refractivity (Wildman–Crippen MR) is 85.4 cm³/mol. The van der Waals surface area contributed by atoms with Crippen molar-refractivity contribution in [3.05, 3.63) is 24.3 Å². The van der Waals surface area contributed by atoms with Crippen molar-refractivity contribution < 1.29 is 17.5 Å². The van der Waals surface area contributed by atoms with E-state index in [9.17, 15) is 0 Å². The van der Waals surface area contributed by atoms with Crippen LogP contribution in [-0.4, -0.2) is 38.8 Å². The molecule has 116 valence electrons. The van der Waals surface area contributed by atoms with Gasteiger partial charge in [-0.1, -0.05) is 0 Å². The number of allylic oxidation sites excluding steroid dienone is 4. The van der Waals surface area contributed by atoms with Crippen LogP contribution in [0.15, 0.2) is 27.6 Å². The number of nitrogens with zero attached hydrogens (tertiary/aromatic N) is 3. The Balaban J connectivity index is 3.46. The van der Waals surface area contributed by atoms with Crippen molar-refractivity contribution in [2.24, 2.45) is 3.34 Å². The maximum absolute atomic E-state index is 5.44. The zero-order valence-corrected chi connectivity index (χ0v) is 17.3. The van der Waals surface area contributed by atoms with Crippen LogP contribution >= 0.6 is 0 Å². The summed E-state index contributed by atoms with van der Waals surface area (Å²) in [7, 11) is 0. The average molecular weight is 447 g/mol. The molecule has 0 spiro atoms. The summed E-state index contributed by atoms with van der Waals surface area (Å²) in [5.41, 5.74) is 0. The van der Waals surface area contributed by atoms with Gasteiger partial charge in [0, 0.05) is 0 Å². The van der Waals surface area contributed by atoms with Crippen molar-refractivity contribution in [3.63, 3.8) is 0 Å². The van der Waals surface area contributed by atoms with Gasteiger partial charge in [-0.3, -0.25) is 0 Å². The van der Waals surface area contributed by atoms with E-state index < -0.39 is 17.5 Å². The Kier molecular flexibility index (Phi) is 7.56. The standard InChI is InChI=1S/C5H5.2C4H10N.C3H7N.Ta/c1-2-4-5-3-1;2*1-3-5-4-2;1-3(2)4;/h1-5H;2*3-4H2,1-2H3;3H,1-2H3;/q;2*-1;;+2. The Morgan fingerprint density at radius 1 is 0.900 bits per heavy atom. The zero-order chi connectivity index (χ0) is 15.2. The van der Waals surface area contributed by atoms with Crippen LogP contribution in [0, 0.1) is 0 Å². The average Bonchev–Trinajstić information content (AvgIpc) is 2.94. The van der Waals surface area contributed by atoms with E-state index in [2.05, 4.69) is 72.5 Å². The SMILES string of the molecule is CC[N](CC)[Ta](=[N]C(C)C)([CH]1C=CC=C1)[N](CC)CC. The van der Waals surface area contributed by atoms with E-state index in [0.29, 0.717) is 10.2 Å². The van der Waals surface area contributed by atoms with E-state index >= 15 is 0 Å². The first-order valence-electron chi connectivity index (χ1n) is 8.03. The molecule has 0 saturated carbocycles. The van der Waals surface area contributed by atoms with Crippen molar-refractivity contribution in [1.29, 1.82) is 0 Å². The molecule has 0 radical (unpaired) electrons. The summed E-state index contributed by atoms with van der Waals surface area (Å²) in [5, 5.41) is 0. The molecule has 0 unspecified atom stereocenters. The van der Waals surface area contributed by atoms with Crippen molar-refractivity contribution in [3.8, 4) is 0 Å². The third kappa shape index (κ3) is 3.58. The molecule has 0 aromatic heterocycles. The topological polar surface area (TPSA) is 18.8 Å². The van der Waals surface area contributed by atoms with E-state index in [1.54, 1.807) is 0 Å². The van der Waals surface area contributed by atoms with Gasteiger partial charge in [-0.15, -0.1) is 0 Å². The summed E-state index contributed by atoms with van der Waals surface area (Å²) in [6.45, 7) is 18.1. The number of rotatable bonds is 8. The van der Waals surface area contributed by atoms with Gasteiger partial charge in [0.25, 0.3) is 0 Å². The van der Waals surface area contributed by atoms with E-state index in [1.165, 1.54) is 0 Å². The molecule has 0 amide bonds. The maximum atomic E-state index is 5.44. The first kappa shape index (κ1) is 18.0. The zero-order valence-electron chi connectivity index (χ0n) is 14.1. The Morgan fingerprint density at radius 2 is 1.30 bits per heavy atom. The molecule has 1 rings (SSSR count). The molecule has 0 aliphatic heterocycles. The van der Waals surface area contributed by atoms with Gasteiger partial charge in [-0.2, -0.15) is 0 Å². The number of hydrogen-bond acceptors (Lipinski definition) is 1. The minimum absolute atomic E-state index is 0.414. The number of hydrogen-bond donors (Lipinski definition) is 0. The van der Waals surface area contributed by atoms with Crippen molar-refractivity contribution >= 4 is 0 Å². The fourth-order valence-electron chi connectivity index (χ4n) is 3.05. The van der Waals surface area contributed by atoms with Crippen LogP contribution in [0.1, 0.15) is 41.5 Å². The van der Waals surface area contributed by atoms with Gasteiger partial charge in [0.1, 0.15) is 0 Å². The van der Waals surface area contributed by atoms with E-state index in [0.717, 1.165) is 26.2 Å². The molecular weight excluding hydrogens is 415 g/mol. The predicted octanol–water partition coefficient (Wildman–Crippen LogP) is 4.16. The van der Waals surface area contributed by atoms with E-state index in [1.807, 2.05) is 0 Å². The van der Waals surface area contributed by atoms with Gasteiger partial charge in [0.15, 0.2) is 0 Å². The normalized spacial score (nSPS) is 16.1. The first-order chi connectivity index (χ1) is 9.56. The summed E-state index contributed by atoms with van der Waals surface area (Å²) in [6.07, 6.45) is 9.20. The Hall–Kier alpha value is -0.0597. The summed E-state index contributed by atoms with van der Waals surface area (Å²) in [5.74, 6) is 0. The Labute approximate surface area is 129 Å². The summed E-state index contributed by atoms with van der Waals surface area (Å²) < 4.78 is 11.4. The first-order valence-corrected chi connectivity index (χ1v) is 14.2. The fourth-order valence-corrected chi connectivity index (χ4v) is 19.4. The molecule has 0 N–H and O–H groups in total. The molecular formula is C16H32N3Ta. The van der Waals surface area contributed by atoms with E-state index in [-0.39, 0.29) is 0 Å². The molecule has 0 heterocycles. The molecule has 0 fully saturated rings. The Morgan fingerprint density at radius 3 is 1.60 bits per heavy atom. The second kappa shape index (κ2) is 8.40. The molecule has 0 aromatic carbocycles. The van der Waals surface area contributed by atoms with E-state index in [4.69, 9.17) is 3.34 Å². The van der Waals surface area contributed by atoms with Crippen LogP contribution in [0.3, 0.4) is 0 Å². The van der Waals surface area contributed by atoms with Crippen molar-refractivity contribution in [2.75, 3.05) is 26.2 Å². The van der Waals surface area contributed by atoms with Gasteiger partial charge in [-0.05, 0) is 0 Å². The van der Waals surface area contributed by atoms with Crippen LogP contribution in [-0.2, 0) is 17.5 Å². The van der Waals surface area contributed by atoms with Gasteiger partial charge in [0.05, 0.1) is 0 Å². The molecule has 1 aliphatic carbocycles. The van der Waals surface area contributed by atoms with Gasteiger partial charge in [0.2, 0.25) is 0 Å². The van der Waals surface area contributed by atoms with Crippen molar-refractivity contribution in [1.82, 2.24) is 6.61 Å². The summed E-state index contributed by atoms with van der Waals surface area (Å²) in [4.78, 5) is 0. The van der Waals surface area contributed by atoms with Gasteiger partial charge in [-0.25, -0.2) is 0 Å². The van der Waals surface area contributed by atoms with Crippen LogP contribution in [0.4, 0.5) is 0 Å². The fraction of sp³-hybridized carbons (Fsp3) is 0.750. The molecule has 20 heavy (non-hydrogen) atoms. The molecule has 1 aliphatic rings. The van der Waals surface area contributed by atoms with Crippen molar-refractivity contribution in [2.45, 2.75) is 51.7 Å². The van der Waals surface area contributed by atoms with Crippen LogP contribution in [0.25, 0.3) is 0 Å².